The Bertz CT molecular complexity index is 74.6. The quantitative estimate of drug-likeness (QED) is 0.482. The second-order valence-corrected chi connectivity index (χ2v) is 4.27. The molecule has 2 rings (SSSR count). The van der Waals surface area contributed by atoms with Crippen molar-refractivity contribution in [3.05, 3.63) is 0 Å². The fourth-order valence-electron chi connectivity index (χ4n) is 1.00. The summed E-state index contributed by atoms with van der Waals surface area (Å²) in [5.74, 6) is 0. The molecule has 62 valence electrons. The summed E-state index contributed by atoms with van der Waals surface area (Å²) in [6, 6.07) is 0. The Hall–Kier alpha value is 1.21. The molecular formula is C8H15BrMgO. The maximum absolute atomic E-state index is 4.94. The van der Waals surface area contributed by atoms with Crippen molar-refractivity contribution in [2.24, 2.45) is 0 Å². The second kappa shape index (κ2) is 7.83. The summed E-state index contributed by atoms with van der Waals surface area (Å²) in [5.41, 5.74) is 0. The Morgan fingerprint density at radius 3 is 1.55 bits per heavy atom. The predicted octanol–water partition coefficient (Wildman–Crippen LogP) is -1.07. The van der Waals surface area contributed by atoms with E-state index in [9.17, 15) is 0 Å². The Morgan fingerprint density at radius 2 is 1.45 bits per heavy atom. The van der Waals surface area contributed by atoms with E-state index in [1.54, 1.807) is 0 Å². The predicted molar refractivity (Wildman–Crippen MR) is 43.4 cm³/mol. The van der Waals surface area contributed by atoms with E-state index in [0.717, 1.165) is 17.3 Å². The summed E-state index contributed by atoms with van der Waals surface area (Å²) in [4.78, 5) is 0. The van der Waals surface area contributed by atoms with Gasteiger partial charge in [-0.25, -0.2) is 0 Å². The fraction of sp³-hybridized carbons (Fsp3) is 1.00. The minimum atomic E-state index is 0. The first-order valence-electron chi connectivity index (χ1n) is 4.30. The second-order valence-electron chi connectivity index (χ2n) is 3.12. The summed E-state index contributed by atoms with van der Waals surface area (Å²) in [6.45, 7) is 2.00. The molecule has 1 aliphatic heterocycles. The Labute approximate surface area is 92.5 Å². The van der Waals surface area contributed by atoms with E-state index < -0.39 is 0 Å². The molecule has 0 N–H and O–H groups in total. The van der Waals surface area contributed by atoms with Crippen molar-refractivity contribution in [3.8, 4) is 0 Å². The molecule has 0 radical (unpaired) electrons. The maximum atomic E-state index is 4.94. The summed E-state index contributed by atoms with van der Waals surface area (Å²) in [6.07, 6.45) is 7.05. The molecule has 1 heterocycles. The number of rotatable bonds is 0. The van der Waals surface area contributed by atoms with Crippen molar-refractivity contribution in [1.82, 2.24) is 0 Å². The van der Waals surface area contributed by atoms with Crippen LogP contribution >= 0.6 is 0 Å². The van der Waals surface area contributed by atoms with Crippen molar-refractivity contribution in [2.75, 3.05) is 13.2 Å². The van der Waals surface area contributed by atoms with Gasteiger partial charge in [0.05, 0.1) is 0 Å². The Kier molecular flexibility index (Phi) is 8.69. The van der Waals surface area contributed by atoms with Gasteiger partial charge >= 0.3 is 45.0 Å². The molecule has 2 aliphatic rings. The number of ether oxygens (including phenoxy) is 1. The van der Waals surface area contributed by atoms with E-state index in [-0.39, 0.29) is 17.0 Å². The van der Waals surface area contributed by atoms with Crippen LogP contribution in [0.25, 0.3) is 0 Å². The van der Waals surface area contributed by atoms with Gasteiger partial charge in [0.15, 0.2) is 0 Å². The van der Waals surface area contributed by atoms with Crippen molar-refractivity contribution in [1.29, 1.82) is 0 Å². The zero-order chi connectivity index (χ0) is 7.23. The number of hydrogen-bond donors (Lipinski definition) is 0. The van der Waals surface area contributed by atoms with E-state index >= 15 is 0 Å². The van der Waals surface area contributed by atoms with Crippen LogP contribution in [0.3, 0.4) is 0 Å². The molecule has 0 aromatic rings. The van der Waals surface area contributed by atoms with Gasteiger partial charge in [-0.1, -0.05) is 0 Å². The molecule has 0 spiro atoms. The molecule has 11 heavy (non-hydrogen) atoms. The first-order valence-corrected chi connectivity index (χ1v) is 5.12. The third-order valence-corrected chi connectivity index (χ3v) is 2.87. The van der Waals surface area contributed by atoms with Crippen LogP contribution in [0, 0.1) is 0 Å². The molecule has 1 saturated heterocycles. The van der Waals surface area contributed by atoms with E-state index in [4.69, 9.17) is 4.74 Å². The average molecular weight is 231 g/mol. The van der Waals surface area contributed by atoms with Gasteiger partial charge in [-0.15, -0.1) is 0 Å². The standard InChI is InChI=1S/C4H8O.C4H7.BrH.Mg/c1-2-4-5-3-1;1-2-4-3-1;;/h1-4H2;1H,2-4H2;1H;/q;;;+1/p-1. The van der Waals surface area contributed by atoms with Crippen LogP contribution in [0.15, 0.2) is 0 Å². The molecule has 1 saturated carbocycles. The van der Waals surface area contributed by atoms with Gasteiger partial charge in [0.25, 0.3) is 0 Å². The van der Waals surface area contributed by atoms with Gasteiger partial charge in [-0.2, -0.15) is 0 Å². The first-order chi connectivity index (χ1) is 4.89. The summed E-state index contributed by atoms with van der Waals surface area (Å²) < 4.78 is 6.04. The molecule has 0 aromatic carbocycles. The van der Waals surface area contributed by atoms with Crippen molar-refractivity contribution in [3.63, 3.8) is 0 Å². The number of halogens is 1. The molecule has 0 aromatic heterocycles. The van der Waals surface area contributed by atoms with Gasteiger partial charge in [-0.3, -0.25) is 0 Å². The molecule has 1 nitrogen and oxygen atoms in total. The summed E-state index contributed by atoms with van der Waals surface area (Å²) >= 11 is 2.14. The SMILES string of the molecule is C1CCOC1.[Br-].[Mg+][CH]1CCC1. The van der Waals surface area contributed by atoms with Gasteiger partial charge in [0.2, 0.25) is 0 Å². The van der Waals surface area contributed by atoms with Crippen LogP contribution < -0.4 is 17.0 Å². The van der Waals surface area contributed by atoms with E-state index in [0.29, 0.717) is 0 Å². The first kappa shape index (κ1) is 12.2. The van der Waals surface area contributed by atoms with Crippen LogP contribution in [-0.2, 0) is 4.74 Å². The van der Waals surface area contributed by atoms with Gasteiger partial charge < -0.3 is 21.7 Å². The van der Waals surface area contributed by atoms with Crippen LogP contribution in [0.4, 0.5) is 0 Å². The molecule has 0 atom stereocenters. The molecule has 3 heteroatoms. The molecular weight excluding hydrogens is 216 g/mol. The van der Waals surface area contributed by atoms with E-state index in [2.05, 4.69) is 21.7 Å². The molecule has 0 amide bonds. The zero-order valence-corrected chi connectivity index (χ0v) is 10.0. The van der Waals surface area contributed by atoms with Crippen molar-refractivity contribution >= 4 is 21.7 Å². The normalized spacial score (nSPS) is 22.7. The van der Waals surface area contributed by atoms with Crippen LogP contribution in [0.5, 0.6) is 0 Å². The fourth-order valence-corrected chi connectivity index (χ4v) is 1.58. The Morgan fingerprint density at radius 1 is 1.00 bits per heavy atom. The minimum absolute atomic E-state index is 0. The topological polar surface area (TPSA) is 9.23 Å². The van der Waals surface area contributed by atoms with Gasteiger partial charge in [0.1, 0.15) is 0 Å². The van der Waals surface area contributed by atoms with E-state index in [1.165, 1.54) is 32.1 Å². The van der Waals surface area contributed by atoms with Crippen molar-refractivity contribution < 1.29 is 21.7 Å². The van der Waals surface area contributed by atoms with E-state index in [1.807, 2.05) is 0 Å². The summed E-state index contributed by atoms with van der Waals surface area (Å²) in [5, 5.41) is 0. The molecule has 1 aliphatic carbocycles. The third kappa shape index (κ3) is 6.37. The Balaban J connectivity index is 0.000000167. The third-order valence-electron chi connectivity index (χ3n) is 2.05. The zero-order valence-electron chi connectivity index (χ0n) is 7.02. The van der Waals surface area contributed by atoms with Crippen LogP contribution in [-0.4, -0.2) is 34.9 Å². The molecule has 0 unspecified atom stereocenters. The molecule has 2 fully saturated rings. The van der Waals surface area contributed by atoms with Crippen molar-refractivity contribution in [2.45, 2.75) is 36.2 Å². The van der Waals surface area contributed by atoms with Crippen LogP contribution in [0.1, 0.15) is 32.1 Å². The van der Waals surface area contributed by atoms with Gasteiger partial charge in [-0.05, 0) is 12.8 Å². The number of hydrogen-bond acceptors (Lipinski definition) is 1. The monoisotopic (exact) mass is 230 g/mol. The van der Waals surface area contributed by atoms with Crippen LogP contribution in [0.2, 0.25) is 4.05 Å². The molecule has 0 bridgehead atoms. The van der Waals surface area contributed by atoms with Gasteiger partial charge in [0, 0.05) is 13.2 Å². The average Bonchev–Trinajstić information content (AvgIpc) is 2.38. The summed E-state index contributed by atoms with van der Waals surface area (Å²) in [7, 11) is 0.